The van der Waals surface area contributed by atoms with Crippen LogP contribution >= 0.6 is 12.6 Å². The fraction of sp³-hybridized carbons (Fsp3) is 0.0476. The monoisotopic (exact) mass is 396 g/mol. The number of rotatable bonds is 5. The lowest BCUT2D eigenvalue weighted by Crippen LogP contribution is -2.23. The summed E-state index contributed by atoms with van der Waals surface area (Å²) in [6.07, 6.45) is 4.91. The molecule has 0 aliphatic rings. The second-order valence-electron chi connectivity index (χ2n) is 5.85. The summed E-state index contributed by atoms with van der Waals surface area (Å²) in [5.74, 6) is -0.664. The number of aliphatic imine (C=N–C) groups is 1. The Hall–Kier alpha value is -3.19. The standard InChI is InChI=1S/C21H18F2N4S/c22-16-7-2-1-5-14(16)10-11-15-6-3-9-19(28)20(15)27-21(24)26-13-18-17(23)8-4-12-25-18/h1-12,28H,13H2,(H3,24,26,27)/b11-10+. The number of anilines is 1. The molecule has 7 heteroatoms. The SMILES string of the molecule is NC(=NCc1ncccc1F)Nc1c(S)cccc1/C=C/c1ccccc1F. The summed E-state index contributed by atoms with van der Waals surface area (Å²) in [6.45, 7) is 0.000639. The number of hydrogen-bond donors (Lipinski definition) is 3. The minimum atomic E-state index is -0.442. The maximum atomic E-state index is 13.8. The first-order chi connectivity index (χ1) is 13.5. The first-order valence-corrected chi connectivity index (χ1v) is 8.90. The van der Waals surface area contributed by atoms with Crippen molar-refractivity contribution in [3.8, 4) is 0 Å². The summed E-state index contributed by atoms with van der Waals surface area (Å²) in [6, 6.07) is 14.8. The summed E-state index contributed by atoms with van der Waals surface area (Å²) >= 11 is 4.44. The smallest absolute Gasteiger partial charge is 0.193 e. The fourth-order valence-corrected chi connectivity index (χ4v) is 2.76. The van der Waals surface area contributed by atoms with Crippen LogP contribution in [0, 0.1) is 11.6 Å². The van der Waals surface area contributed by atoms with Gasteiger partial charge in [0, 0.05) is 16.7 Å². The molecule has 1 aromatic heterocycles. The molecule has 0 amide bonds. The van der Waals surface area contributed by atoms with Crippen LogP contribution in [0.3, 0.4) is 0 Å². The molecule has 0 atom stereocenters. The summed E-state index contributed by atoms with van der Waals surface area (Å²) < 4.78 is 27.5. The highest BCUT2D eigenvalue weighted by atomic mass is 32.1. The molecule has 1 heterocycles. The zero-order valence-electron chi connectivity index (χ0n) is 14.8. The van der Waals surface area contributed by atoms with Gasteiger partial charge in [-0.05, 0) is 29.8 Å². The average molecular weight is 396 g/mol. The first-order valence-electron chi connectivity index (χ1n) is 8.45. The van der Waals surface area contributed by atoms with E-state index < -0.39 is 5.82 Å². The molecule has 0 saturated heterocycles. The van der Waals surface area contributed by atoms with E-state index in [1.807, 2.05) is 12.1 Å². The quantitative estimate of drug-likeness (QED) is 0.252. The van der Waals surface area contributed by atoms with Gasteiger partial charge in [0.05, 0.1) is 17.9 Å². The van der Waals surface area contributed by atoms with Gasteiger partial charge in [-0.2, -0.15) is 0 Å². The van der Waals surface area contributed by atoms with Gasteiger partial charge < -0.3 is 11.1 Å². The molecule has 0 aliphatic carbocycles. The van der Waals surface area contributed by atoms with E-state index in [1.54, 1.807) is 36.4 Å². The van der Waals surface area contributed by atoms with E-state index in [-0.39, 0.29) is 24.0 Å². The highest BCUT2D eigenvalue weighted by molar-refractivity contribution is 7.80. The number of nitrogens with two attached hydrogens (primary N) is 1. The van der Waals surface area contributed by atoms with Crippen molar-refractivity contribution >= 4 is 36.4 Å². The van der Waals surface area contributed by atoms with E-state index in [0.717, 1.165) is 5.56 Å². The molecule has 0 radical (unpaired) electrons. The van der Waals surface area contributed by atoms with Crippen LogP contribution in [0.5, 0.6) is 0 Å². The molecule has 4 nitrogen and oxygen atoms in total. The number of thiol groups is 1. The highest BCUT2D eigenvalue weighted by Crippen LogP contribution is 2.26. The van der Waals surface area contributed by atoms with E-state index in [9.17, 15) is 8.78 Å². The van der Waals surface area contributed by atoms with Crippen LogP contribution < -0.4 is 11.1 Å². The summed E-state index contributed by atoms with van der Waals surface area (Å²) in [5.41, 5.74) is 7.97. The summed E-state index contributed by atoms with van der Waals surface area (Å²) in [4.78, 5) is 8.70. The molecule has 0 aliphatic heterocycles. The van der Waals surface area contributed by atoms with E-state index >= 15 is 0 Å². The fourth-order valence-electron chi connectivity index (χ4n) is 2.48. The van der Waals surface area contributed by atoms with Crippen molar-refractivity contribution in [3.05, 3.63) is 89.2 Å². The Morgan fingerprint density at radius 1 is 1.00 bits per heavy atom. The van der Waals surface area contributed by atoms with Crippen molar-refractivity contribution in [2.24, 2.45) is 10.7 Å². The predicted molar refractivity (Wildman–Crippen MR) is 112 cm³/mol. The lowest BCUT2D eigenvalue weighted by Gasteiger charge is -2.12. The molecule has 2 aromatic carbocycles. The Labute approximate surface area is 167 Å². The van der Waals surface area contributed by atoms with Gasteiger partial charge in [0.1, 0.15) is 11.6 Å². The van der Waals surface area contributed by atoms with Crippen LogP contribution in [0.2, 0.25) is 0 Å². The van der Waals surface area contributed by atoms with Crippen molar-refractivity contribution in [2.45, 2.75) is 11.4 Å². The molecule has 0 saturated carbocycles. The largest absolute Gasteiger partial charge is 0.370 e. The number of guanidine groups is 1. The zero-order valence-corrected chi connectivity index (χ0v) is 15.7. The Morgan fingerprint density at radius 2 is 1.71 bits per heavy atom. The van der Waals surface area contributed by atoms with E-state index in [1.165, 1.54) is 24.4 Å². The van der Waals surface area contributed by atoms with Crippen LogP contribution in [0.25, 0.3) is 12.2 Å². The van der Waals surface area contributed by atoms with Crippen molar-refractivity contribution < 1.29 is 8.78 Å². The van der Waals surface area contributed by atoms with Gasteiger partial charge in [0.15, 0.2) is 5.96 Å². The van der Waals surface area contributed by atoms with Crippen LogP contribution in [0.15, 0.2) is 70.7 Å². The second kappa shape index (κ2) is 9.14. The first kappa shape index (κ1) is 19.6. The van der Waals surface area contributed by atoms with Gasteiger partial charge in [-0.1, -0.05) is 42.5 Å². The van der Waals surface area contributed by atoms with Crippen LogP contribution in [-0.4, -0.2) is 10.9 Å². The normalized spacial score (nSPS) is 11.8. The number of halogens is 2. The van der Waals surface area contributed by atoms with Crippen LogP contribution in [0.4, 0.5) is 14.5 Å². The average Bonchev–Trinajstić information content (AvgIpc) is 2.69. The molecule has 3 rings (SSSR count). The molecule has 0 fully saturated rings. The zero-order chi connectivity index (χ0) is 19.9. The van der Waals surface area contributed by atoms with Gasteiger partial charge >= 0.3 is 0 Å². The van der Waals surface area contributed by atoms with Crippen molar-refractivity contribution in [1.29, 1.82) is 0 Å². The number of nitrogens with zero attached hydrogens (tertiary/aromatic N) is 2. The maximum absolute atomic E-state index is 13.8. The number of nitrogens with one attached hydrogen (secondary N) is 1. The second-order valence-corrected chi connectivity index (χ2v) is 6.34. The molecule has 0 spiro atoms. The number of pyridine rings is 1. The van der Waals surface area contributed by atoms with Crippen LogP contribution in [-0.2, 0) is 6.54 Å². The Balaban J connectivity index is 1.81. The molecular formula is C21H18F2N4S. The van der Waals surface area contributed by atoms with Gasteiger partial charge in [-0.15, -0.1) is 12.6 Å². The number of hydrogen-bond acceptors (Lipinski definition) is 3. The summed E-state index contributed by atoms with van der Waals surface area (Å²) in [5, 5.41) is 2.98. The number of para-hydroxylation sites is 1. The minimum absolute atomic E-state index is 0.000639. The van der Waals surface area contributed by atoms with E-state index in [4.69, 9.17) is 5.73 Å². The van der Waals surface area contributed by atoms with Gasteiger partial charge in [-0.3, -0.25) is 4.98 Å². The minimum Gasteiger partial charge on any atom is -0.370 e. The van der Waals surface area contributed by atoms with E-state index in [0.29, 0.717) is 16.1 Å². The summed E-state index contributed by atoms with van der Waals surface area (Å²) in [7, 11) is 0. The highest BCUT2D eigenvalue weighted by Gasteiger charge is 2.07. The predicted octanol–water partition coefficient (Wildman–Crippen LogP) is 4.75. The molecule has 3 N–H and O–H groups in total. The third kappa shape index (κ3) is 4.95. The Morgan fingerprint density at radius 3 is 2.50 bits per heavy atom. The Bertz CT molecular complexity index is 1030. The van der Waals surface area contributed by atoms with Gasteiger partial charge in [0.25, 0.3) is 0 Å². The van der Waals surface area contributed by atoms with Crippen molar-refractivity contribution in [1.82, 2.24) is 4.98 Å². The third-order valence-electron chi connectivity index (χ3n) is 3.91. The van der Waals surface area contributed by atoms with Gasteiger partial charge in [0.2, 0.25) is 0 Å². The molecule has 142 valence electrons. The lowest BCUT2D eigenvalue weighted by molar-refractivity contribution is 0.600. The third-order valence-corrected chi connectivity index (χ3v) is 4.28. The molecule has 0 bridgehead atoms. The van der Waals surface area contributed by atoms with Crippen molar-refractivity contribution in [3.63, 3.8) is 0 Å². The van der Waals surface area contributed by atoms with Crippen LogP contribution in [0.1, 0.15) is 16.8 Å². The Kier molecular flexibility index (Phi) is 6.39. The van der Waals surface area contributed by atoms with Gasteiger partial charge in [-0.25, -0.2) is 13.8 Å². The molecule has 3 aromatic rings. The molecule has 28 heavy (non-hydrogen) atoms. The van der Waals surface area contributed by atoms with E-state index in [2.05, 4.69) is 27.9 Å². The molecule has 0 unspecified atom stereocenters. The topological polar surface area (TPSA) is 63.3 Å². The number of benzene rings is 2. The molecular weight excluding hydrogens is 378 g/mol. The lowest BCUT2D eigenvalue weighted by atomic mass is 10.1. The number of aromatic nitrogens is 1. The maximum Gasteiger partial charge on any atom is 0.193 e. The van der Waals surface area contributed by atoms with Crippen molar-refractivity contribution in [2.75, 3.05) is 5.32 Å².